The van der Waals surface area contributed by atoms with Crippen LogP contribution in [0.5, 0.6) is 0 Å². The lowest BCUT2D eigenvalue weighted by Gasteiger charge is -2.21. The van der Waals surface area contributed by atoms with Gasteiger partial charge in [0.05, 0.1) is 0 Å². The molecule has 9 heteroatoms. The molecule has 8 nitrogen and oxygen atoms in total. The second kappa shape index (κ2) is 11.8. The van der Waals surface area contributed by atoms with Crippen molar-refractivity contribution in [3.8, 4) is 0 Å². The van der Waals surface area contributed by atoms with Gasteiger partial charge in [-0.2, -0.15) is 0 Å². The summed E-state index contributed by atoms with van der Waals surface area (Å²) in [5.41, 5.74) is 0.811. The summed E-state index contributed by atoms with van der Waals surface area (Å²) in [6, 6.07) is 5.80. The SMILES string of the molecule is CCNC(=NCc1nnc2ccccn12)NCCNC(=O)C1CCCCC1.I. The van der Waals surface area contributed by atoms with Gasteiger partial charge >= 0.3 is 0 Å². The van der Waals surface area contributed by atoms with Crippen LogP contribution in [0.25, 0.3) is 5.65 Å². The van der Waals surface area contributed by atoms with Gasteiger partial charge in [-0.3, -0.25) is 9.20 Å². The van der Waals surface area contributed by atoms with E-state index in [1.807, 2.05) is 35.7 Å². The summed E-state index contributed by atoms with van der Waals surface area (Å²) in [6.45, 7) is 4.43. The second-order valence-electron chi connectivity index (χ2n) is 6.79. The fourth-order valence-electron chi connectivity index (χ4n) is 3.37. The third-order valence-electron chi connectivity index (χ3n) is 4.80. The second-order valence-corrected chi connectivity index (χ2v) is 6.79. The van der Waals surface area contributed by atoms with Crippen LogP contribution in [0.15, 0.2) is 29.4 Å². The van der Waals surface area contributed by atoms with Crippen molar-refractivity contribution in [1.82, 2.24) is 30.5 Å². The highest BCUT2D eigenvalue weighted by molar-refractivity contribution is 14.0. The number of carbonyl (C=O) groups excluding carboxylic acids is 1. The van der Waals surface area contributed by atoms with Crippen molar-refractivity contribution in [2.75, 3.05) is 19.6 Å². The molecule has 0 spiro atoms. The Balaban J connectivity index is 0.00000280. The summed E-state index contributed by atoms with van der Waals surface area (Å²) < 4.78 is 1.93. The van der Waals surface area contributed by atoms with Crippen LogP contribution in [0.3, 0.4) is 0 Å². The van der Waals surface area contributed by atoms with E-state index in [1.165, 1.54) is 19.3 Å². The smallest absolute Gasteiger partial charge is 0.223 e. The molecule has 3 N–H and O–H groups in total. The number of pyridine rings is 1. The van der Waals surface area contributed by atoms with Crippen molar-refractivity contribution in [3.05, 3.63) is 30.2 Å². The summed E-state index contributed by atoms with van der Waals surface area (Å²) in [5, 5.41) is 17.8. The molecule has 0 aliphatic heterocycles. The summed E-state index contributed by atoms with van der Waals surface area (Å²) in [5.74, 6) is 1.88. The predicted molar refractivity (Wildman–Crippen MR) is 121 cm³/mol. The molecule has 0 unspecified atom stereocenters. The molecule has 3 rings (SSSR count). The van der Waals surface area contributed by atoms with Gasteiger partial charge in [0.2, 0.25) is 5.91 Å². The maximum absolute atomic E-state index is 12.2. The molecule has 0 saturated heterocycles. The number of fused-ring (bicyclic) bond motifs is 1. The first kappa shape index (κ1) is 22.4. The molecule has 0 radical (unpaired) electrons. The zero-order valence-electron chi connectivity index (χ0n) is 16.4. The first-order valence-corrected chi connectivity index (χ1v) is 9.86. The van der Waals surface area contributed by atoms with E-state index in [0.29, 0.717) is 25.6 Å². The van der Waals surface area contributed by atoms with Gasteiger partial charge in [0.25, 0.3) is 0 Å². The van der Waals surface area contributed by atoms with Crippen molar-refractivity contribution in [1.29, 1.82) is 0 Å². The van der Waals surface area contributed by atoms with E-state index < -0.39 is 0 Å². The van der Waals surface area contributed by atoms with E-state index in [9.17, 15) is 4.79 Å². The standard InChI is InChI=1S/C19H29N7O.HI/c1-2-20-19(22-12-11-21-18(27)15-8-4-3-5-9-15)23-14-17-25-24-16-10-6-7-13-26(16)17;/h6-7,10,13,15H,2-5,8-9,11-12,14H2,1H3,(H,21,27)(H2,20,22,23);1H. The van der Waals surface area contributed by atoms with E-state index in [1.54, 1.807) is 0 Å². The Morgan fingerprint density at radius 2 is 1.93 bits per heavy atom. The van der Waals surface area contributed by atoms with Gasteiger partial charge in [-0.1, -0.05) is 25.3 Å². The van der Waals surface area contributed by atoms with Gasteiger partial charge in [0.1, 0.15) is 6.54 Å². The van der Waals surface area contributed by atoms with Crippen LogP contribution in [-0.4, -0.2) is 46.1 Å². The fraction of sp³-hybridized carbons (Fsp3) is 0.579. The number of nitrogens with zero attached hydrogens (tertiary/aromatic N) is 4. The summed E-state index contributed by atoms with van der Waals surface area (Å²) in [6.07, 6.45) is 7.58. The van der Waals surface area contributed by atoms with Gasteiger partial charge in [-0.05, 0) is 31.9 Å². The maximum Gasteiger partial charge on any atom is 0.223 e. The molecule has 1 amide bonds. The number of guanidine groups is 1. The highest BCUT2D eigenvalue weighted by Crippen LogP contribution is 2.23. The van der Waals surface area contributed by atoms with Crippen LogP contribution in [-0.2, 0) is 11.3 Å². The number of halogens is 1. The van der Waals surface area contributed by atoms with Crippen molar-refractivity contribution < 1.29 is 4.79 Å². The molecule has 2 aromatic rings. The zero-order valence-corrected chi connectivity index (χ0v) is 18.7. The molecule has 1 aliphatic carbocycles. The molecular weight excluding hydrogens is 469 g/mol. The van der Waals surface area contributed by atoms with Crippen LogP contribution in [0.2, 0.25) is 0 Å². The number of hydrogen-bond donors (Lipinski definition) is 3. The van der Waals surface area contributed by atoms with Crippen molar-refractivity contribution >= 4 is 41.5 Å². The Hall–Kier alpha value is -1.91. The summed E-state index contributed by atoms with van der Waals surface area (Å²) in [7, 11) is 0. The normalized spacial score (nSPS) is 15.1. The number of hydrogen-bond acceptors (Lipinski definition) is 4. The highest BCUT2D eigenvalue weighted by atomic mass is 127. The number of rotatable bonds is 7. The fourth-order valence-corrected chi connectivity index (χ4v) is 3.37. The number of nitrogens with one attached hydrogen (secondary N) is 3. The predicted octanol–water partition coefficient (Wildman–Crippen LogP) is 2.10. The monoisotopic (exact) mass is 499 g/mol. The molecule has 1 fully saturated rings. The largest absolute Gasteiger partial charge is 0.357 e. The summed E-state index contributed by atoms with van der Waals surface area (Å²) in [4.78, 5) is 16.7. The Morgan fingerprint density at radius 3 is 2.71 bits per heavy atom. The number of carbonyl (C=O) groups is 1. The third kappa shape index (κ3) is 6.32. The minimum absolute atomic E-state index is 0. The van der Waals surface area contributed by atoms with Gasteiger partial charge in [-0.25, -0.2) is 4.99 Å². The molecule has 0 aromatic carbocycles. The van der Waals surface area contributed by atoms with Crippen molar-refractivity contribution in [3.63, 3.8) is 0 Å². The Labute approximate surface area is 183 Å². The minimum Gasteiger partial charge on any atom is -0.357 e. The number of aromatic nitrogens is 3. The van der Waals surface area contributed by atoms with Crippen molar-refractivity contribution in [2.24, 2.45) is 10.9 Å². The first-order chi connectivity index (χ1) is 13.3. The van der Waals surface area contributed by atoms with Crippen LogP contribution >= 0.6 is 24.0 Å². The lowest BCUT2D eigenvalue weighted by atomic mass is 9.89. The quantitative estimate of drug-likeness (QED) is 0.235. The molecule has 2 aromatic heterocycles. The molecular formula is C19H30IN7O. The molecule has 1 saturated carbocycles. The zero-order chi connectivity index (χ0) is 18.9. The molecule has 28 heavy (non-hydrogen) atoms. The summed E-state index contributed by atoms with van der Waals surface area (Å²) >= 11 is 0. The van der Waals surface area contributed by atoms with Crippen molar-refractivity contribution in [2.45, 2.75) is 45.6 Å². The van der Waals surface area contributed by atoms with Gasteiger partial charge < -0.3 is 16.0 Å². The van der Waals surface area contributed by atoms with E-state index in [2.05, 4.69) is 31.1 Å². The van der Waals surface area contributed by atoms with Gasteiger partial charge in [-0.15, -0.1) is 34.2 Å². The lowest BCUT2D eigenvalue weighted by molar-refractivity contribution is -0.125. The minimum atomic E-state index is 0. The average Bonchev–Trinajstić information content (AvgIpc) is 3.13. The van der Waals surface area contributed by atoms with E-state index >= 15 is 0 Å². The van der Waals surface area contributed by atoms with Gasteiger partial charge in [0, 0.05) is 31.7 Å². The molecule has 0 bridgehead atoms. The Kier molecular flexibility index (Phi) is 9.45. The maximum atomic E-state index is 12.2. The molecule has 154 valence electrons. The lowest BCUT2D eigenvalue weighted by Crippen LogP contribution is -2.42. The third-order valence-corrected chi connectivity index (χ3v) is 4.80. The Morgan fingerprint density at radius 1 is 1.14 bits per heavy atom. The molecule has 0 atom stereocenters. The van der Waals surface area contributed by atoms with Crippen LogP contribution in [0, 0.1) is 5.92 Å². The molecule has 2 heterocycles. The van der Waals surface area contributed by atoms with E-state index in [-0.39, 0.29) is 35.8 Å². The first-order valence-electron chi connectivity index (χ1n) is 9.86. The molecule has 1 aliphatic rings. The Bertz CT molecular complexity index is 770. The van der Waals surface area contributed by atoms with Crippen LogP contribution < -0.4 is 16.0 Å². The average molecular weight is 499 g/mol. The van der Waals surface area contributed by atoms with E-state index in [0.717, 1.165) is 30.9 Å². The van der Waals surface area contributed by atoms with E-state index in [4.69, 9.17) is 0 Å². The number of aliphatic imine (C=N–C) groups is 1. The number of amides is 1. The van der Waals surface area contributed by atoms with Gasteiger partial charge in [0.15, 0.2) is 17.4 Å². The topological polar surface area (TPSA) is 95.7 Å². The highest BCUT2D eigenvalue weighted by Gasteiger charge is 2.20. The van der Waals surface area contributed by atoms with Crippen LogP contribution in [0.4, 0.5) is 0 Å². The van der Waals surface area contributed by atoms with Crippen LogP contribution in [0.1, 0.15) is 44.9 Å².